The number of fused-ring (bicyclic) bond motifs is 2. The molecule has 31 heavy (non-hydrogen) atoms. The molecule has 0 aliphatic carbocycles. The molecule has 2 aromatic heterocycles. The van der Waals surface area contributed by atoms with Gasteiger partial charge >= 0.3 is 0 Å². The highest BCUT2D eigenvalue weighted by atomic mass is 16.5. The second-order valence-corrected chi connectivity index (χ2v) is 7.98. The zero-order valence-corrected chi connectivity index (χ0v) is 17.9. The average Bonchev–Trinajstić information content (AvgIpc) is 3.21. The molecule has 0 aliphatic rings. The molecule has 0 N–H and O–H groups in total. The summed E-state index contributed by atoms with van der Waals surface area (Å²) in [6.07, 6.45) is 1.81. The zero-order valence-electron chi connectivity index (χ0n) is 17.9. The number of ether oxygens (including phenoxy) is 1. The molecule has 0 fully saturated rings. The number of benzene rings is 3. The first kappa shape index (κ1) is 19.3. The van der Waals surface area contributed by atoms with Crippen LogP contribution in [0.15, 0.2) is 79.1 Å². The lowest BCUT2D eigenvalue weighted by molar-refractivity contribution is 0.402. The van der Waals surface area contributed by atoms with Gasteiger partial charge in [0.1, 0.15) is 17.9 Å². The highest BCUT2D eigenvalue weighted by Gasteiger charge is 2.09. The number of methoxy groups -OCH3 is 1. The lowest BCUT2D eigenvalue weighted by atomic mass is 10.0. The molecule has 5 aromatic rings. The highest BCUT2D eigenvalue weighted by Crippen LogP contribution is 2.27. The predicted molar refractivity (Wildman–Crippen MR) is 126 cm³/mol. The minimum atomic E-state index is 0.798. The fourth-order valence-corrected chi connectivity index (χ4v) is 3.90. The summed E-state index contributed by atoms with van der Waals surface area (Å²) < 4.78 is 7.30. The van der Waals surface area contributed by atoms with Crippen LogP contribution in [0, 0.1) is 0 Å². The van der Waals surface area contributed by atoms with Gasteiger partial charge in [0, 0.05) is 18.0 Å². The van der Waals surface area contributed by atoms with Crippen molar-refractivity contribution in [2.24, 2.45) is 0 Å². The van der Waals surface area contributed by atoms with Crippen molar-refractivity contribution in [3.63, 3.8) is 0 Å². The quantitative estimate of drug-likeness (QED) is 0.395. The van der Waals surface area contributed by atoms with Crippen molar-refractivity contribution in [2.45, 2.75) is 6.54 Å². The molecule has 0 spiro atoms. The van der Waals surface area contributed by atoms with Crippen LogP contribution < -0.4 is 4.74 Å². The van der Waals surface area contributed by atoms with Crippen molar-refractivity contribution in [3.8, 4) is 22.7 Å². The molecule has 5 nitrogen and oxygen atoms in total. The van der Waals surface area contributed by atoms with Gasteiger partial charge in [0.2, 0.25) is 0 Å². The molecule has 2 heterocycles. The molecule has 0 bridgehead atoms. The molecule has 3 aromatic carbocycles. The van der Waals surface area contributed by atoms with Crippen molar-refractivity contribution >= 4 is 21.9 Å². The summed E-state index contributed by atoms with van der Waals surface area (Å²) in [5, 5.41) is 1.12. The van der Waals surface area contributed by atoms with E-state index >= 15 is 0 Å². The number of pyridine rings is 1. The molecule has 154 valence electrons. The van der Waals surface area contributed by atoms with E-state index in [1.807, 2.05) is 35.2 Å². The monoisotopic (exact) mass is 408 g/mol. The largest absolute Gasteiger partial charge is 0.497 e. The number of hydrogen-bond acceptors (Lipinski definition) is 4. The van der Waals surface area contributed by atoms with Crippen LogP contribution in [0.3, 0.4) is 0 Å². The molecule has 0 saturated carbocycles. The third-order valence-electron chi connectivity index (χ3n) is 5.46. The molecule has 0 saturated heterocycles. The van der Waals surface area contributed by atoms with Crippen LogP contribution in [0.4, 0.5) is 0 Å². The van der Waals surface area contributed by atoms with Crippen molar-refractivity contribution in [1.29, 1.82) is 0 Å². The van der Waals surface area contributed by atoms with Crippen LogP contribution in [0.2, 0.25) is 0 Å². The molecule has 0 amide bonds. The van der Waals surface area contributed by atoms with Crippen LogP contribution in [-0.4, -0.2) is 40.6 Å². The van der Waals surface area contributed by atoms with E-state index in [1.54, 1.807) is 7.11 Å². The van der Waals surface area contributed by atoms with E-state index in [2.05, 4.69) is 72.5 Å². The maximum Gasteiger partial charge on any atom is 0.139 e. The normalized spacial score (nSPS) is 11.5. The number of rotatable bonds is 5. The Morgan fingerprint density at radius 2 is 1.65 bits per heavy atom. The van der Waals surface area contributed by atoms with E-state index in [4.69, 9.17) is 9.72 Å². The van der Waals surface area contributed by atoms with Gasteiger partial charge < -0.3 is 9.64 Å². The van der Waals surface area contributed by atoms with Gasteiger partial charge in [0.05, 0.1) is 23.7 Å². The maximum atomic E-state index is 5.30. The Morgan fingerprint density at radius 3 is 2.42 bits per heavy atom. The Bertz CT molecular complexity index is 1370. The molecular formula is C26H24N4O. The van der Waals surface area contributed by atoms with Gasteiger partial charge in [-0.15, -0.1) is 0 Å². The highest BCUT2D eigenvalue weighted by molar-refractivity contribution is 5.86. The third-order valence-corrected chi connectivity index (χ3v) is 5.46. The molecule has 5 rings (SSSR count). The summed E-state index contributed by atoms with van der Waals surface area (Å²) in [6, 6.07) is 25.2. The van der Waals surface area contributed by atoms with Gasteiger partial charge in [-0.2, -0.15) is 0 Å². The average molecular weight is 409 g/mol. The number of aromatic nitrogens is 3. The summed E-state index contributed by atoms with van der Waals surface area (Å²) in [6.45, 7) is 0.945. The Hall–Kier alpha value is -3.70. The summed E-state index contributed by atoms with van der Waals surface area (Å²) >= 11 is 0. The van der Waals surface area contributed by atoms with Gasteiger partial charge in [0.15, 0.2) is 0 Å². The Labute approximate surface area is 181 Å². The summed E-state index contributed by atoms with van der Waals surface area (Å²) in [5.74, 6) is 1.65. The van der Waals surface area contributed by atoms with Gasteiger partial charge in [-0.1, -0.05) is 30.3 Å². The van der Waals surface area contributed by atoms with Crippen molar-refractivity contribution < 1.29 is 4.74 Å². The number of nitrogens with zero attached hydrogens (tertiary/aromatic N) is 4. The van der Waals surface area contributed by atoms with E-state index in [0.29, 0.717) is 0 Å². The van der Waals surface area contributed by atoms with Gasteiger partial charge in [-0.3, -0.25) is 4.57 Å². The van der Waals surface area contributed by atoms with E-state index in [0.717, 1.165) is 40.0 Å². The zero-order chi connectivity index (χ0) is 21.4. The standard InChI is InChI=1S/C26H24N4O/c1-29(2)16-18-4-6-19(7-5-18)20-8-11-23-21(14-20)9-13-26(28-23)30-17-27-24-15-22(31-3)10-12-25(24)30/h4-15,17H,16H2,1-3H3. The smallest absolute Gasteiger partial charge is 0.139 e. The van der Waals surface area contributed by atoms with E-state index in [9.17, 15) is 0 Å². The first-order chi connectivity index (χ1) is 15.1. The van der Waals surface area contributed by atoms with Crippen LogP contribution in [0.1, 0.15) is 5.56 Å². The maximum absolute atomic E-state index is 5.30. The Morgan fingerprint density at radius 1 is 0.839 bits per heavy atom. The van der Waals surface area contributed by atoms with Crippen LogP contribution in [0.5, 0.6) is 5.75 Å². The fourth-order valence-electron chi connectivity index (χ4n) is 3.90. The number of imidazole rings is 1. The van der Waals surface area contributed by atoms with Gasteiger partial charge in [0.25, 0.3) is 0 Å². The Balaban J connectivity index is 1.48. The van der Waals surface area contributed by atoms with E-state index < -0.39 is 0 Å². The van der Waals surface area contributed by atoms with Crippen molar-refractivity contribution in [2.75, 3.05) is 21.2 Å². The topological polar surface area (TPSA) is 43.2 Å². The summed E-state index contributed by atoms with van der Waals surface area (Å²) in [7, 11) is 5.83. The fraction of sp³-hybridized carbons (Fsp3) is 0.154. The van der Waals surface area contributed by atoms with Crippen molar-refractivity contribution in [3.05, 3.63) is 84.7 Å². The van der Waals surface area contributed by atoms with Crippen LogP contribution in [0.25, 0.3) is 38.9 Å². The molecule has 0 unspecified atom stereocenters. The Kier molecular flexibility index (Phi) is 4.88. The van der Waals surface area contributed by atoms with Gasteiger partial charge in [-0.25, -0.2) is 9.97 Å². The van der Waals surface area contributed by atoms with Gasteiger partial charge in [-0.05, 0) is 67.2 Å². The minimum absolute atomic E-state index is 0.798. The van der Waals surface area contributed by atoms with Crippen LogP contribution in [-0.2, 0) is 6.54 Å². The van der Waals surface area contributed by atoms with Crippen LogP contribution >= 0.6 is 0 Å². The second kappa shape index (κ2) is 7.85. The van der Waals surface area contributed by atoms with E-state index in [-0.39, 0.29) is 0 Å². The molecule has 0 aliphatic heterocycles. The number of hydrogen-bond donors (Lipinski definition) is 0. The SMILES string of the molecule is COc1ccc2c(c1)ncn2-c1ccc2cc(-c3ccc(CN(C)C)cc3)ccc2n1. The van der Waals surface area contributed by atoms with E-state index in [1.165, 1.54) is 16.7 Å². The second-order valence-electron chi connectivity index (χ2n) is 7.98. The molecular weight excluding hydrogens is 384 g/mol. The van der Waals surface area contributed by atoms with Crippen molar-refractivity contribution in [1.82, 2.24) is 19.4 Å². The molecule has 0 atom stereocenters. The molecule has 5 heteroatoms. The first-order valence-corrected chi connectivity index (χ1v) is 10.3. The molecule has 0 radical (unpaired) electrons. The predicted octanol–water partition coefficient (Wildman–Crippen LogP) is 5.31. The summed E-state index contributed by atoms with van der Waals surface area (Å²) in [4.78, 5) is 11.6. The lowest BCUT2D eigenvalue weighted by Crippen LogP contribution is -2.10. The first-order valence-electron chi connectivity index (χ1n) is 10.3. The minimum Gasteiger partial charge on any atom is -0.497 e. The third kappa shape index (κ3) is 3.76. The lowest BCUT2D eigenvalue weighted by Gasteiger charge is -2.11. The summed E-state index contributed by atoms with van der Waals surface area (Å²) in [5.41, 5.74) is 6.56.